The molecule has 1 aliphatic heterocycles. The molecule has 0 saturated carbocycles. The summed E-state index contributed by atoms with van der Waals surface area (Å²) < 4.78 is 43.3. The first-order chi connectivity index (χ1) is 15.3. The molecular weight excluding hydrogens is 456 g/mol. The van der Waals surface area contributed by atoms with E-state index in [-0.39, 0.29) is 34.8 Å². The Bertz CT molecular complexity index is 1070. The Labute approximate surface area is 193 Å². The largest absolute Gasteiger partial charge is 0.497 e. The van der Waals surface area contributed by atoms with E-state index in [0.717, 1.165) is 0 Å². The maximum Gasteiger partial charge on any atom is 0.243 e. The number of amides is 1. The number of benzene rings is 2. The van der Waals surface area contributed by atoms with Gasteiger partial charge in [0.2, 0.25) is 15.9 Å². The first-order valence-electron chi connectivity index (χ1n) is 10.3. The summed E-state index contributed by atoms with van der Waals surface area (Å²) in [5.74, 6) is 1.07. The van der Waals surface area contributed by atoms with Gasteiger partial charge in [-0.2, -0.15) is 4.31 Å². The fourth-order valence-corrected chi connectivity index (χ4v) is 5.35. The van der Waals surface area contributed by atoms with Gasteiger partial charge in [-0.05, 0) is 50.1 Å². The molecule has 3 rings (SSSR count). The van der Waals surface area contributed by atoms with Crippen molar-refractivity contribution in [1.29, 1.82) is 0 Å². The molecule has 1 saturated heterocycles. The van der Waals surface area contributed by atoms with Gasteiger partial charge >= 0.3 is 0 Å². The minimum absolute atomic E-state index is 0.108. The van der Waals surface area contributed by atoms with Crippen LogP contribution in [0.5, 0.6) is 17.2 Å². The van der Waals surface area contributed by atoms with Crippen LogP contribution in [0.2, 0.25) is 5.02 Å². The molecule has 2 aromatic carbocycles. The second-order valence-electron chi connectivity index (χ2n) is 7.26. The Morgan fingerprint density at radius 2 is 1.81 bits per heavy atom. The lowest BCUT2D eigenvalue weighted by Crippen LogP contribution is -2.41. The maximum absolute atomic E-state index is 13.0. The zero-order valence-corrected chi connectivity index (χ0v) is 19.8. The summed E-state index contributed by atoms with van der Waals surface area (Å²) in [6, 6.07) is 9.57. The van der Waals surface area contributed by atoms with Crippen LogP contribution in [0.4, 0.5) is 5.69 Å². The highest BCUT2D eigenvalue weighted by Gasteiger charge is 2.32. The molecule has 0 spiro atoms. The van der Waals surface area contributed by atoms with Gasteiger partial charge < -0.3 is 19.5 Å². The number of hydrogen-bond acceptors (Lipinski definition) is 6. The molecular formula is C22H27ClN2O6S. The summed E-state index contributed by atoms with van der Waals surface area (Å²) >= 11 is 6.16. The number of nitrogens with one attached hydrogen (secondary N) is 1. The summed E-state index contributed by atoms with van der Waals surface area (Å²) in [4.78, 5) is 12.9. The van der Waals surface area contributed by atoms with Gasteiger partial charge in [-0.3, -0.25) is 4.79 Å². The number of carbonyl (C=O) groups excluding carboxylic acids is 1. The minimum atomic E-state index is -3.71. The van der Waals surface area contributed by atoms with E-state index in [1.165, 1.54) is 23.5 Å². The van der Waals surface area contributed by atoms with Gasteiger partial charge in [0, 0.05) is 25.1 Å². The van der Waals surface area contributed by atoms with E-state index < -0.39 is 10.0 Å². The normalized spacial score (nSPS) is 15.2. The molecule has 1 fully saturated rings. The zero-order valence-electron chi connectivity index (χ0n) is 18.3. The van der Waals surface area contributed by atoms with Crippen LogP contribution in [0.15, 0.2) is 41.3 Å². The van der Waals surface area contributed by atoms with Crippen LogP contribution in [0.25, 0.3) is 0 Å². The monoisotopic (exact) mass is 482 g/mol. The summed E-state index contributed by atoms with van der Waals surface area (Å²) in [5.41, 5.74) is 0.539. The summed E-state index contributed by atoms with van der Waals surface area (Å²) in [5, 5.41) is 3.12. The standard InChI is InChI=1S/C22H27ClN2O6S/c1-4-31-20-8-6-17(14-18(20)23)32(27,28)25-11-9-15(10-12-25)22(26)24-19-7-5-16(29-2)13-21(19)30-3/h5-8,13-15H,4,9-12H2,1-3H3,(H,24,26). The predicted octanol–water partition coefficient (Wildman–Crippen LogP) is 3.80. The molecule has 10 heteroatoms. The van der Waals surface area contributed by atoms with E-state index >= 15 is 0 Å². The Kier molecular flexibility index (Phi) is 7.86. The predicted molar refractivity (Wildman–Crippen MR) is 122 cm³/mol. The van der Waals surface area contributed by atoms with E-state index in [1.54, 1.807) is 31.4 Å². The van der Waals surface area contributed by atoms with E-state index in [2.05, 4.69) is 5.32 Å². The average Bonchev–Trinajstić information content (AvgIpc) is 2.80. The minimum Gasteiger partial charge on any atom is -0.497 e. The third-order valence-corrected chi connectivity index (χ3v) is 7.52. The summed E-state index contributed by atoms with van der Waals surface area (Å²) in [6.45, 7) is 2.74. The average molecular weight is 483 g/mol. The van der Waals surface area contributed by atoms with Crippen molar-refractivity contribution < 1.29 is 27.4 Å². The molecule has 0 atom stereocenters. The van der Waals surface area contributed by atoms with Crippen LogP contribution in [-0.2, 0) is 14.8 Å². The molecule has 174 valence electrons. The first kappa shape index (κ1) is 24.2. The lowest BCUT2D eigenvalue weighted by atomic mass is 9.97. The number of sulfonamides is 1. The SMILES string of the molecule is CCOc1ccc(S(=O)(=O)N2CCC(C(=O)Nc3ccc(OC)cc3OC)CC2)cc1Cl. The van der Waals surface area contributed by atoms with Crippen LogP contribution in [0.3, 0.4) is 0 Å². The molecule has 0 aliphatic carbocycles. The van der Waals surface area contributed by atoms with Crippen LogP contribution in [0.1, 0.15) is 19.8 Å². The number of ether oxygens (including phenoxy) is 3. The summed E-state index contributed by atoms with van der Waals surface area (Å²) in [6.07, 6.45) is 0.822. The highest BCUT2D eigenvalue weighted by molar-refractivity contribution is 7.89. The van der Waals surface area contributed by atoms with Crippen molar-refractivity contribution in [3.63, 3.8) is 0 Å². The topological polar surface area (TPSA) is 94.2 Å². The number of anilines is 1. The van der Waals surface area contributed by atoms with Crippen molar-refractivity contribution in [2.45, 2.75) is 24.7 Å². The van der Waals surface area contributed by atoms with Gasteiger partial charge in [-0.25, -0.2) is 8.42 Å². The molecule has 1 heterocycles. The Hall–Kier alpha value is -2.49. The third-order valence-electron chi connectivity index (χ3n) is 5.33. The van der Waals surface area contributed by atoms with Crippen LogP contribution < -0.4 is 19.5 Å². The molecule has 0 radical (unpaired) electrons. The highest BCUT2D eigenvalue weighted by Crippen LogP contribution is 2.32. The first-order valence-corrected chi connectivity index (χ1v) is 12.1. The summed E-state index contributed by atoms with van der Waals surface area (Å²) in [7, 11) is -0.648. The lowest BCUT2D eigenvalue weighted by Gasteiger charge is -2.30. The van der Waals surface area contributed by atoms with E-state index in [4.69, 9.17) is 25.8 Å². The Balaban J connectivity index is 1.64. The van der Waals surface area contributed by atoms with E-state index in [1.807, 2.05) is 6.92 Å². The van der Waals surface area contributed by atoms with Crippen molar-refractivity contribution in [2.75, 3.05) is 39.2 Å². The van der Waals surface area contributed by atoms with Crippen molar-refractivity contribution in [1.82, 2.24) is 4.31 Å². The smallest absolute Gasteiger partial charge is 0.243 e. The molecule has 0 bridgehead atoms. The zero-order chi connectivity index (χ0) is 23.3. The van der Waals surface area contributed by atoms with Gasteiger partial charge in [0.1, 0.15) is 17.2 Å². The quantitative estimate of drug-likeness (QED) is 0.615. The number of methoxy groups -OCH3 is 2. The van der Waals surface area contributed by atoms with Crippen LogP contribution in [-0.4, -0.2) is 52.5 Å². The van der Waals surface area contributed by atoms with E-state index in [0.29, 0.717) is 42.4 Å². The van der Waals surface area contributed by atoms with Gasteiger partial charge in [-0.15, -0.1) is 0 Å². The fraction of sp³-hybridized carbons (Fsp3) is 0.409. The molecule has 2 aromatic rings. The second kappa shape index (κ2) is 10.4. The van der Waals surface area contributed by atoms with Crippen molar-refractivity contribution >= 4 is 33.2 Å². The van der Waals surface area contributed by atoms with Crippen molar-refractivity contribution in [3.05, 3.63) is 41.4 Å². The van der Waals surface area contributed by atoms with Gasteiger partial charge in [-0.1, -0.05) is 11.6 Å². The molecule has 0 aromatic heterocycles. The van der Waals surface area contributed by atoms with Gasteiger partial charge in [0.25, 0.3) is 0 Å². The van der Waals surface area contributed by atoms with Crippen molar-refractivity contribution in [2.24, 2.45) is 5.92 Å². The van der Waals surface area contributed by atoms with Gasteiger partial charge in [0.05, 0.1) is 36.4 Å². The van der Waals surface area contributed by atoms with E-state index in [9.17, 15) is 13.2 Å². The number of rotatable bonds is 8. The number of hydrogen-bond donors (Lipinski definition) is 1. The second-order valence-corrected chi connectivity index (χ2v) is 9.60. The molecule has 32 heavy (non-hydrogen) atoms. The van der Waals surface area contributed by atoms with Crippen LogP contribution >= 0.6 is 11.6 Å². The van der Waals surface area contributed by atoms with Crippen LogP contribution in [0, 0.1) is 5.92 Å². The molecule has 1 aliphatic rings. The third kappa shape index (κ3) is 5.28. The maximum atomic E-state index is 13.0. The number of nitrogens with zero attached hydrogens (tertiary/aromatic N) is 1. The number of carbonyl (C=O) groups is 1. The Morgan fingerprint density at radius 3 is 2.41 bits per heavy atom. The lowest BCUT2D eigenvalue weighted by molar-refractivity contribution is -0.120. The van der Waals surface area contributed by atoms with Crippen molar-refractivity contribution in [3.8, 4) is 17.2 Å². The fourth-order valence-electron chi connectivity index (χ4n) is 3.56. The molecule has 0 unspecified atom stereocenters. The number of halogens is 1. The highest BCUT2D eigenvalue weighted by atomic mass is 35.5. The molecule has 8 nitrogen and oxygen atoms in total. The number of piperidine rings is 1. The molecule has 1 N–H and O–H groups in total. The van der Waals surface area contributed by atoms with Gasteiger partial charge in [0.15, 0.2) is 0 Å². The Morgan fingerprint density at radius 1 is 1.09 bits per heavy atom. The molecule has 1 amide bonds.